The molecule has 2 nitrogen and oxygen atoms in total. The van der Waals surface area contributed by atoms with Crippen molar-refractivity contribution in [2.75, 3.05) is 0 Å². The molecule has 2 aromatic rings. The van der Waals surface area contributed by atoms with Gasteiger partial charge in [0.05, 0.1) is 0 Å². The molecule has 1 aromatic heterocycles. The molecule has 0 amide bonds. The highest BCUT2D eigenvalue weighted by Gasteiger charge is 2.32. The first-order valence-electron chi connectivity index (χ1n) is 3.98. The Bertz CT molecular complexity index is 488. The van der Waals surface area contributed by atoms with E-state index in [0.717, 1.165) is 12.1 Å². The molecular weight excluding hydrogens is 214 g/mol. The zero-order valence-corrected chi connectivity index (χ0v) is 7.23. The molecule has 0 aliphatic carbocycles. The Hall–Kier alpha value is -1.72. The zero-order valence-electron chi connectivity index (χ0n) is 7.23. The number of aromatic amines is 1. The van der Waals surface area contributed by atoms with Crippen molar-refractivity contribution in [3.05, 3.63) is 30.2 Å². The van der Waals surface area contributed by atoms with Gasteiger partial charge in [0.2, 0.25) is 0 Å². The van der Waals surface area contributed by atoms with Crippen LogP contribution in [0.1, 0.15) is 0 Å². The smallest absolute Gasteiger partial charge is 0.403 e. The van der Waals surface area contributed by atoms with Crippen LogP contribution in [0.15, 0.2) is 24.4 Å². The van der Waals surface area contributed by atoms with Crippen LogP contribution in [-0.4, -0.2) is 11.3 Å². The van der Waals surface area contributed by atoms with Gasteiger partial charge in [0, 0.05) is 23.2 Å². The maximum absolute atomic E-state index is 13.1. The molecule has 0 atom stereocenters. The van der Waals surface area contributed by atoms with Gasteiger partial charge in [0.25, 0.3) is 0 Å². The zero-order chi connectivity index (χ0) is 11.1. The van der Waals surface area contributed by atoms with Crippen LogP contribution in [0.3, 0.4) is 0 Å². The predicted octanol–water partition coefficient (Wildman–Crippen LogP) is 3.21. The summed E-state index contributed by atoms with van der Waals surface area (Å²) in [6, 6.07) is 3.50. The average Bonchev–Trinajstić information content (AvgIpc) is 2.49. The van der Waals surface area contributed by atoms with Gasteiger partial charge in [0.1, 0.15) is 0 Å². The van der Waals surface area contributed by atoms with Crippen molar-refractivity contribution in [1.82, 2.24) is 4.98 Å². The first-order valence-corrected chi connectivity index (χ1v) is 3.98. The standard InChI is InChI=1S/C9H5F4NO/c10-6-3-5-1-2-14-7(5)4-8(6)15-9(11,12)13/h1-4,14H. The maximum atomic E-state index is 13.1. The number of rotatable bonds is 1. The quantitative estimate of drug-likeness (QED) is 0.732. The Morgan fingerprint density at radius 2 is 1.93 bits per heavy atom. The fraction of sp³-hybridized carbons (Fsp3) is 0.111. The fourth-order valence-electron chi connectivity index (χ4n) is 1.26. The minimum Gasteiger partial charge on any atom is -0.403 e. The van der Waals surface area contributed by atoms with Gasteiger partial charge in [-0.25, -0.2) is 4.39 Å². The second-order valence-electron chi connectivity index (χ2n) is 2.90. The first-order chi connectivity index (χ1) is 6.96. The Kier molecular flexibility index (Phi) is 2.06. The van der Waals surface area contributed by atoms with Crippen LogP contribution in [0.4, 0.5) is 17.6 Å². The van der Waals surface area contributed by atoms with Crippen LogP contribution in [0.25, 0.3) is 10.9 Å². The van der Waals surface area contributed by atoms with Crippen LogP contribution in [0, 0.1) is 5.82 Å². The molecule has 0 saturated carbocycles. The minimum absolute atomic E-state index is 0.385. The van der Waals surface area contributed by atoms with Gasteiger partial charge < -0.3 is 9.72 Å². The van der Waals surface area contributed by atoms with E-state index < -0.39 is 17.9 Å². The number of hydrogen-bond acceptors (Lipinski definition) is 1. The van der Waals surface area contributed by atoms with Crippen molar-refractivity contribution in [3.8, 4) is 5.75 Å². The molecule has 1 N–H and O–H groups in total. The molecule has 0 unspecified atom stereocenters. The molecule has 15 heavy (non-hydrogen) atoms. The number of halogens is 4. The molecule has 0 bridgehead atoms. The molecule has 1 aromatic carbocycles. The Balaban J connectivity index is 2.46. The van der Waals surface area contributed by atoms with Crippen LogP contribution < -0.4 is 4.74 Å². The van der Waals surface area contributed by atoms with E-state index >= 15 is 0 Å². The monoisotopic (exact) mass is 219 g/mol. The maximum Gasteiger partial charge on any atom is 0.573 e. The Labute approximate surface area is 81.5 Å². The lowest BCUT2D eigenvalue weighted by molar-refractivity contribution is -0.275. The van der Waals surface area contributed by atoms with Crippen molar-refractivity contribution in [3.63, 3.8) is 0 Å². The van der Waals surface area contributed by atoms with Crippen molar-refractivity contribution in [1.29, 1.82) is 0 Å². The lowest BCUT2D eigenvalue weighted by atomic mass is 10.2. The molecule has 6 heteroatoms. The average molecular weight is 219 g/mol. The lowest BCUT2D eigenvalue weighted by Gasteiger charge is -2.09. The number of aromatic nitrogens is 1. The predicted molar refractivity (Wildman–Crippen MR) is 44.9 cm³/mol. The highest BCUT2D eigenvalue weighted by atomic mass is 19.4. The van der Waals surface area contributed by atoms with Crippen molar-refractivity contribution < 1.29 is 22.3 Å². The molecule has 0 aliphatic rings. The van der Waals surface area contributed by atoms with Gasteiger partial charge in [-0.1, -0.05) is 0 Å². The summed E-state index contributed by atoms with van der Waals surface area (Å²) in [5, 5.41) is 0.488. The van der Waals surface area contributed by atoms with E-state index in [4.69, 9.17) is 0 Å². The summed E-state index contributed by atoms with van der Waals surface area (Å²) in [6.45, 7) is 0. The second kappa shape index (κ2) is 3.15. The van der Waals surface area contributed by atoms with Gasteiger partial charge in [-0.05, 0) is 12.1 Å². The first kappa shape index (κ1) is 9.82. The molecule has 0 saturated heterocycles. The number of fused-ring (bicyclic) bond motifs is 1. The van der Waals surface area contributed by atoms with Gasteiger partial charge in [-0.2, -0.15) is 0 Å². The summed E-state index contributed by atoms with van der Waals surface area (Å²) in [4.78, 5) is 2.66. The van der Waals surface area contributed by atoms with Gasteiger partial charge in [-0.15, -0.1) is 13.2 Å². The summed E-state index contributed by atoms with van der Waals surface area (Å²) in [5.74, 6) is -1.88. The van der Waals surface area contributed by atoms with Gasteiger partial charge in [0.15, 0.2) is 11.6 Å². The van der Waals surface area contributed by atoms with Crippen molar-refractivity contribution >= 4 is 10.9 Å². The topological polar surface area (TPSA) is 25.0 Å². The number of H-pyrrole nitrogens is 1. The third-order valence-corrected chi connectivity index (χ3v) is 1.83. The van der Waals surface area contributed by atoms with Crippen molar-refractivity contribution in [2.45, 2.75) is 6.36 Å². The largest absolute Gasteiger partial charge is 0.573 e. The molecule has 0 spiro atoms. The van der Waals surface area contributed by atoms with Gasteiger partial charge >= 0.3 is 6.36 Å². The number of hydrogen-bond donors (Lipinski definition) is 1. The van der Waals surface area contributed by atoms with E-state index in [-0.39, 0.29) is 0 Å². The number of benzene rings is 1. The Morgan fingerprint density at radius 1 is 1.20 bits per heavy atom. The number of alkyl halides is 3. The van der Waals surface area contributed by atoms with E-state index in [2.05, 4.69) is 9.72 Å². The summed E-state index contributed by atoms with van der Waals surface area (Å²) in [7, 11) is 0. The lowest BCUT2D eigenvalue weighted by Crippen LogP contribution is -2.17. The molecular formula is C9H5F4NO. The summed E-state index contributed by atoms with van der Waals surface area (Å²) >= 11 is 0. The highest BCUT2D eigenvalue weighted by molar-refractivity contribution is 5.80. The second-order valence-corrected chi connectivity index (χ2v) is 2.90. The van der Waals surface area contributed by atoms with E-state index in [0.29, 0.717) is 10.9 Å². The van der Waals surface area contributed by atoms with E-state index in [1.54, 1.807) is 6.07 Å². The number of ether oxygens (including phenoxy) is 1. The molecule has 80 valence electrons. The highest BCUT2D eigenvalue weighted by Crippen LogP contribution is 2.28. The molecule has 0 radical (unpaired) electrons. The molecule has 1 heterocycles. The summed E-state index contributed by atoms with van der Waals surface area (Å²) < 4.78 is 52.1. The van der Waals surface area contributed by atoms with E-state index in [9.17, 15) is 17.6 Å². The third-order valence-electron chi connectivity index (χ3n) is 1.83. The molecule has 0 fully saturated rings. The van der Waals surface area contributed by atoms with Crippen LogP contribution >= 0.6 is 0 Å². The fourth-order valence-corrected chi connectivity index (χ4v) is 1.26. The molecule has 2 rings (SSSR count). The number of nitrogens with one attached hydrogen (secondary N) is 1. The summed E-state index contributed by atoms with van der Waals surface area (Å²) in [6.07, 6.45) is -3.39. The summed E-state index contributed by atoms with van der Waals surface area (Å²) in [5.41, 5.74) is 0.385. The van der Waals surface area contributed by atoms with Gasteiger partial charge in [-0.3, -0.25) is 0 Å². The third kappa shape index (κ3) is 2.03. The van der Waals surface area contributed by atoms with Crippen LogP contribution in [0.2, 0.25) is 0 Å². The van der Waals surface area contributed by atoms with Crippen LogP contribution in [0.5, 0.6) is 5.75 Å². The SMILES string of the molecule is Fc1cc2cc[nH]c2cc1OC(F)(F)F. The van der Waals surface area contributed by atoms with Crippen molar-refractivity contribution in [2.24, 2.45) is 0 Å². The molecule has 0 aliphatic heterocycles. The minimum atomic E-state index is -4.89. The Morgan fingerprint density at radius 3 is 2.60 bits per heavy atom. The van der Waals surface area contributed by atoms with Crippen LogP contribution in [-0.2, 0) is 0 Å². The van der Waals surface area contributed by atoms with E-state index in [1.165, 1.54) is 6.20 Å². The normalized spacial score (nSPS) is 12.0. The van der Waals surface area contributed by atoms with E-state index in [1.807, 2.05) is 0 Å².